The number of nitrogens with one attached hydrogen (secondary N) is 1. The molecule has 0 aliphatic heterocycles. The van der Waals surface area contributed by atoms with Gasteiger partial charge >= 0.3 is 0 Å². The maximum atomic E-state index is 12.7. The summed E-state index contributed by atoms with van der Waals surface area (Å²) in [5.41, 5.74) is 4.46. The Bertz CT molecular complexity index is 1280. The van der Waals surface area contributed by atoms with Crippen LogP contribution in [0, 0.1) is 6.92 Å². The largest absolute Gasteiger partial charge is 0.240 e. The molecule has 8 heteroatoms. The molecule has 0 radical (unpaired) electrons. The summed E-state index contributed by atoms with van der Waals surface area (Å²) in [5.74, 6) is 0. The van der Waals surface area contributed by atoms with Gasteiger partial charge in [0.2, 0.25) is 10.0 Å². The van der Waals surface area contributed by atoms with Crippen molar-refractivity contribution in [1.29, 1.82) is 0 Å². The molecule has 0 aliphatic rings. The van der Waals surface area contributed by atoms with Crippen molar-refractivity contribution in [2.75, 3.05) is 6.54 Å². The van der Waals surface area contributed by atoms with Gasteiger partial charge < -0.3 is 0 Å². The molecule has 0 saturated heterocycles. The zero-order chi connectivity index (χ0) is 21.1. The van der Waals surface area contributed by atoms with Gasteiger partial charge in [-0.15, -0.1) is 0 Å². The molecule has 154 valence electrons. The smallest absolute Gasteiger partial charge is 0.237 e. The van der Waals surface area contributed by atoms with Crippen LogP contribution in [0.2, 0.25) is 5.02 Å². The summed E-state index contributed by atoms with van der Waals surface area (Å²) in [5, 5.41) is 4.99. The number of aromatic nitrogens is 3. The van der Waals surface area contributed by atoms with Crippen LogP contribution in [0.5, 0.6) is 0 Å². The molecule has 4 aromatic rings. The number of hydrogen-bond donors (Lipinski definition) is 1. The molecule has 2 heterocycles. The Labute approximate surface area is 180 Å². The van der Waals surface area contributed by atoms with E-state index in [1.165, 1.54) is 0 Å². The second-order valence-electron chi connectivity index (χ2n) is 7.09. The van der Waals surface area contributed by atoms with Crippen molar-refractivity contribution in [2.24, 2.45) is 0 Å². The highest BCUT2D eigenvalue weighted by Gasteiger charge is 2.14. The number of nitrogens with zero attached hydrogens (tertiary/aromatic N) is 3. The van der Waals surface area contributed by atoms with Crippen molar-refractivity contribution in [3.05, 3.63) is 83.3 Å². The predicted octanol–water partition coefficient (Wildman–Crippen LogP) is 4.27. The first-order valence-electron chi connectivity index (χ1n) is 9.57. The van der Waals surface area contributed by atoms with Crippen molar-refractivity contribution in [3.63, 3.8) is 0 Å². The molecule has 1 N–H and O–H groups in total. The number of rotatable bonds is 7. The molecule has 6 nitrogen and oxygen atoms in total. The lowest BCUT2D eigenvalue weighted by atomic mass is 10.1. The minimum absolute atomic E-state index is 0.241. The Balaban J connectivity index is 1.39. The fraction of sp³-hybridized carbons (Fsp3) is 0.182. The summed E-state index contributed by atoms with van der Waals surface area (Å²) in [6.07, 6.45) is 5.10. The van der Waals surface area contributed by atoms with Crippen LogP contribution in [0.4, 0.5) is 0 Å². The zero-order valence-corrected chi connectivity index (χ0v) is 18.0. The highest BCUT2D eigenvalue weighted by Crippen LogP contribution is 2.24. The van der Waals surface area contributed by atoms with E-state index in [4.69, 9.17) is 11.6 Å². The number of halogens is 1. The molecule has 0 atom stereocenters. The Kier molecular flexibility index (Phi) is 5.85. The first-order chi connectivity index (χ1) is 14.4. The summed E-state index contributed by atoms with van der Waals surface area (Å²) in [6, 6.07) is 16.1. The van der Waals surface area contributed by atoms with Gasteiger partial charge in [0, 0.05) is 30.0 Å². The Morgan fingerprint density at radius 3 is 2.67 bits per heavy atom. The second-order valence-corrected chi connectivity index (χ2v) is 9.29. The average Bonchev–Trinajstić information content (AvgIpc) is 3.11. The van der Waals surface area contributed by atoms with E-state index in [1.807, 2.05) is 37.4 Å². The maximum absolute atomic E-state index is 12.7. The van der Waals surface area contributed by atoms with Crippen molar-refractivity contribution in [2.45, 2.75) is 24.7 Å². The van der Waals surface area contributed by atoms with Gasteiger partial charge in [-0.3, -0.25) is 0 Å². The van der Waals surface area contributed by atoms with Crippen LogP contribution in [0.15, 0.2) is 71.9 Å². The highest BCUT2D eigenvalue weighted by molar-refractivity contribution is 7.89. The minimum atomic E-state index is -3.59. The van der Waals surface area contributed by atoms with Crippen LogP contribution in [-0.2, 0) is 16.4 Å². The van der Waals surface area contributed by atoms with Crippen LogP contribution >= 0.6 is 11.6 Å². The number of benzene rings is 2. The molecule has 4 rings (SSSR count). The normalized spacial score (nSPS) is 11.8. The van der Waals surface area contributed by atoms with Gasteiger partial charge in [-0.25, -0.2) is 22.6 Å². The molecular weight excluding hydrogens is 420 g/mol. The highest BCUT2D eigenvalue weighted by atomic mass is 35.5. The fourth-order valence-corrected chi connectivity index (χ4v) is 4.48. The lowest BCUT2D eigenvalue weighted by Crippen LogP contribution is -2.25. The van der Waals surface area contributed by atoms with E-state index in [0.29, 0.717) is 24.4 Å². The van der Waals surface area contributed by atoms with Crippen LogP contribution in [0.1, 0.15) is 17.7 Å². The Morgan fingerprint density at radius 1 is 1.07 bits per heavy atom. The molecule has 30 heavy (non-hydrogen) atoms. The van der Waals surface area contributed by atoms with Crippen LogP contribution in [0.25, 0.3) is 16.8 Å². The third kappa shape index (κ3) is 4.70. The topological polar surface area (TPSA) is 76.4 Å². The van der Waals surface area contributed by atoms with Gasteiger partial charge in [0.1, 0.15) is 0 Å². The van der Waals surface area contributed by atoms with Crippen molar-refractivity contribution < 1.29 is 8.42 Å². The van der Waals surface area contributed by atoms with Crippen molar-refractivity contribution in [3.8, 4) is 11.1 Å². The lowest BCUT2D eigenvalue weighted by Gasteiger charge is -2.09. The Hall–Kier alpha value is -2.74. The summed E-state index contributed by atoms with van der Waals surface area (Å²) < 4.78 is 29.8. The number of hydrogen-bond acceptors (Lipinski definition) is 4. The van der Waals surface area contributed by atoms with Gasteiger partial charge in [-0.05, 0) is 60.7 Å². The van der Waals surface area contributed by atoms with E-state index in [0.717, 1.165) is 28.0 Å². The summed E-state index contributed by atoms with van der Waals surface area (Å²) in [7, 11) is -3.59. The minimum Gasteiger partial charge on any atom is -0.237 e. The number of fused-ring (bicyclic) bond motifs is 1. The van der Waals surface area contributed by atoms with Gasteiger partial charge in [-0.2, -0.15) is 5.10 Å². The first kappa shape index (κ1) is 20.5. The van der Waals surface area contributed by atoms with E-state index in [2.05, 4.69) is 14.8 Å². The van der Waals surface area contributed by atoms with Crippen molar-refractivity contribution in [1.82, 2.24) is 19.3 Å². The van der Waals surface area contributed by atoms with E-state index in [9.17, 15) is 8.42 Å². The average molecular weight is 441 g/mol. The number of sulfonamides is 1. The third-order valence-electron chi connectivity index (χ3n) is 4.75. The summed E-state index contributed by atoms with van der Waals surface area (Å²) >= 11 is 5.93. The maximum Gasteiger partial charge on any atom is 0.240 e. The van der Waals surface area contributed by atoms with E-state index in [-0.39, 0.29) is 4.90 Å². The van der Waals surface area contributed by atoms with Crippen molar-refractivity contribution >= 4 is 27.3 Å². The summed E-state index contributed by atoms with van der Waals surface area (Å²) in [4.78, 5) is 4.62. The van der Waals surface area contributed by atoms with E-state index < -0.39 is 10.0 Å². The van der Waals surface area contributed by atoms with Crippen LogP contribution in [0.3, 0.4) is 0 Å². The van der Waals surface area contributed by atoms with Gasteiger partial charge in [-0.1, -0.05) is 35.9 Å². The van der Waals surface area contributed by atoms with E-state index >= 15 is 0 Å². The monoisotopic (exact) mass is 440 g/mol. The molecule has 2 aromatic carbocycles. The number of aryl methyl sites for hydroxylation is 2. The Morgan fingerprint density at radius 2 is 1.87 bits per heavy atom. The molecule has 0 amide bonds. The first-order valence-corrected chi connectivity index (χ1v) is 11.4. The lowest BCUT2D eigenvalue weighted by molar-refractivity contribution is 0.579. The standard InChI is InChI=1S/C22H21ClN4O2S/c1-16-12-22-24-14-17(15-27(22)26-16)4-3-11-25-30(28,29)21-6-2-5-19(13-21)18-7-9-20(23)10-8-18/h2,5-10,12-15,25H,3-4,11H2,1H3. The molecule has 0 unspecified atom stereocenters. The molecule has 0 saturated carbocycles. The molecule has 0 spiro atoms. The quantitative estimate of drug-likeness (QED) is 0.435. The molecule has 2 aromatic heterocycles. The second kappa shape index (κ2) is 8.55. The molecule has 0 fully saturated rings. The molecular formula is C22H21ClN4O2S. The summed E-state index contributed by atoms with van der Waals surface area (Å²) in [6.45, 7) is 2.26. The van der Waals surface area contributed by atoms with Crippen LogP contribution < -0.4 is 4.72 Å². The molecule has 0 aliphatic carbocycles. The fourth-order valence-electron chi connectivity index (χ4n) is 3.23. The van der Waals surface area contributed by atoms with Gasteiger partial charge in [0.25, 0.3) is 0 Å². The third-order valence-corrected chi connectivity index (χ3v) is 6.46. The predicted molar refractivity (Wildman–Crippen MR) is 118 cm³/mol. The SMILES string of the molecule is Cc1cc2ncc(CCCNS(=O)(=O)c3cccc(-c4ccc(Cl)cc4)c3)cn2n1. The van der Waals surface area contributed by atoms with Gasteiger partial charge in [0.05, 0.1) is 10.6 Å². The van der Waals surface area contributed by atoms with E-state index in [1.54, 1.807) is 41.0 Å². The van der Waals surface area contributed by atoms with Crippen LogP contribution in [-0.4, -0.2) is 29.6 Å². The van der Waals surface area contributed by atoms with Gasteiger partial charge in [0.15, 0.2) is 5.65 Å². The zero-order valence-electron chi connectivity index (χ0n) is 16.4. The molecule has 0 bridgehead atoms.